The van der Waals surface area contributed by atoms with Gasteiger partial charge in [-0.05, 0) is 30.3 Å². The van der Waals surface area contributed by atoms with Gasteiger partial charge in [0, 0.05) is 17.1 Å². The minimum Gasteiger partial charge on any atom is -0.207 e. The lowest BCUT2D eigenvalue weighted by atomic mass is 10.2. The predicted molar refractivity (Wildman–Crippen MR) is 71.8 cm³/mol. The van der Waals surface area contributed by atoms with Gasteiger partial charge in [0.05, 0.1) is 4.90 Å². The van der Waals surface area contributed by atoms with Crippen LogP contribution in [-0.4, -0.2) is 8.42 Å². The number of halogens is 3. The van der Waals surface area contributed by atoms with Crippen molar-refractivity contribution in [2.24, 2.45) is 0 Å². The van der Waals surface area contributed by atoms with E-state index >= 15 is 0 Å². The van der Waals surface area contributed by atoms with Crippen LogP contribution in [0, 0.1) is 11.6 Å². The molecule has 0 heterocycles. The molecule has 0 aliphatic carbocycles. The van der Waals surface area contributed by atoms with Crippen molar-refractivity contribution in [2.45, 2.75) is 11.4 Å². The Bertz CT molecular complexity index is 715. The molecule has 0 saturated carbocycles. The molecule has 2 rings (SSSR count). The zero-order valence-corrected chi connectivity index (χ0v) is 11.7. The fraction of sp³-hybridized carbons (Fsp3) is 0.0769. The van der Waals surface area contributed by atoms with E-state index in [1.54, 1.807) is 0 Å². The van der Waals surface area contributed by atoms with Gasteiger partial charge in [0.1, 0.15) is 11.6 Å². The third kappa shape index (κ3) is 3.33. The largest absolute Gasteiger partial charge is 0.240 e. The third-order valence-corrected chi connectivity index (χ3v) is 4.36. The summed E-state index contributed by atoms with van der Waals surface area (Å²) in [6.07, 6.45) is 0. The Balaban J connectivity index is 2.22. The molecule has 7 heteroatoms. The fourth-order valence-electron chi connectivity index (χ4n) is 1.59. The Morgan fingerprint density at radius 1 is 1.10 bits per heavy atom. The molecule has 0 unspecified atom stereocenters. The topological polar surface area (TPSA) is 46.2 Å². The van der Waals surface area contributed by atoms with E-state index < -0.39 is 21.7 Å². The highest BCUT2D eigenvalue weighted by Gasteiger charge is 2.16. The number of rotatable bonds is 4. The van der Waals surface area contributed by atoms with E-state index in [0.29, 0.717) is 0 Å². The lowest BCUT2D eigenvalue weighted by Crippen LogP contribution is -2.24. The van der Waals surface area contributed by atoms with Crippen LogP contribution in [0.25, 0.3) is 0 Å². The van der Waals surface area contributed by atoms with Crippen LogP contribution < -0.4 is 4.72 Å². The molecule has 0 aliphatic rings. The molecule has 0 spiro atoms. The summed E-state index contributed by atoms with van der Waals surface area (Å²) in [5.74, 6) is -1.28. The van der Waals surface area contributed by atoms with Gasteiger partial charge < -0.3 is 0 Å². The van der Waals surface area contributed by atoms with Gasteiger partial charge in [-0.15, -0.1) is 0 Å². The fourth-order valence-corrected chi connectivity index (χ4v) is 2.84. The minimum absolute atomic E-state index is 0.0362. The second-order valence-electron chi connectivity index (χ2n) is 3.98. The molecule has 0 atom stereocenters. The Morgan fingerprint density at radius 2 is 1.80 bits per heavy atom. The first-order chi connectivity index (χ1) is 9.40. The maximum Gasteiger partial charge on any atom is 0.240 e. The van der Waals surface area contributed by atoms with Crippen LogP contribution in [0.1, 0.15) is 5.56 Å². The maximum absolute atomic E-state index is 13.5. The van der Waals surface area contributed by atoms with Crippen molar-refractivity contribution >= 4 is 21.6 Å². The van der Waals surface area contributed by atoms with Crippen LogP contribution in [0.4, 0.5) is 8.78 Å². The van der Waals surface area contributed by atoms with E-state index in [2.05, 4.69) is 4.72 Å². The van der Waals surface area contributed by atoms with Gasteiger partial charge in [0.25, 0.3) is 0 Å². The molecule has 0 amide bonds. The zero-order valence-electron chi connectivity index (χ0n) is 10.1. The summed E-state index contributed by atoms with van der Waals surface area (Å²) in [5, 5.41) is 0.118. The highest BCUT2D eigenvalue weighted by Crippen LogP contribution is 2.19. The van der Waals surface area contributed by atoms with Gasteiger partial charge in [-0.1, -0.05) is 23.7 Å². The zero-order chi connectivity index (χ0) is 14.8. The molecule has 106 valence electrons. The summed E-state index contributed by atoms with van der Waals surface area (Å²) in [7, 11) is -3.93. The second-order valence-corrected chi connectivity index (χ2v) is 6.16. The molecule has 1 N–H and O–H groups in total. The molecular formula is C13H10ClF2NO2S. The van der Waals surface area contributed by atoms with Crippen molar-refractivity contribution in [2.75, 3.05) is 0 Å². The van der Waals surface area contributed by atoms with Crippen molar-refractivity contribution in [3.05, 3.63) is 64.7 Å². The van der Waals surface area contributed by atoms with Gasteiger partial charge >= 0.3 is 0 Å². The molecule has 3 nitrogen and oxygen atoms in total. The molecule has 0 aliphatic heterocycles. The van der Waals surface area contributed by atoms with E-state index in [1.165, 1.54) is 30.3 Å². The first-order valence-corrected chi connectivity index (χ1v) is 7.44. The van der Waals surface area contributed by atoms with Crippen molar-refractivity contribution in [1.29, 1.82) is 0 Å². The summed E-state index contributed by atoms with van der Waals surface area (Å²) in [4.78, 5) is -0.232. The van der Waals surface area contributed by atoms with Crippen molar-refractivity contribution in [1.82, 2.24) is 4.72 Å². The Morgan fingerprint density at radius 3 is 2.45 bits per heavy atom. The molecule has 0 aromatic heterocycles. The van der Waals surface area contributed by atoms with E-state index in [0.717, 1.165) is 12.1 Å². The van der Waals surface area contributed by atoms with Crippen LogP contribution in [0.15, 0.2) is 47.4 Å². The second kappa shape index (κ2) is 5.87. The monoisotopic (exact) mass is 317 g/mol. The lowest BCUT2D eigenvalue weighted by Gasteiger charge is -2.09. The van der Waals surface area contributed by atoms with Gasteiger partial charge in [0.15, 0.2) is 0 Å². The predicted octanol–water partition coefficient (Wildman–Crippen LogP) is 3.10. The van der Waals surface area contributed by atoms with Gasteiger partial charge in [0.2, 0.25) is 10.0 Å². The van der Waals surface area contributed by atoms with Gasteiger partial charge in [-0.25, -0.2) is 21.9 Å². The standard InChI is InChI=1S/C13H10ClF2NO2S/c14-12-5-2-6-13(16)11(12)8-17-20(18,19)10-4-1-3-9(15)7-10/h1-7,17H,8H2. The van der Waals surface area contributed by atoms with Gasteiger partial charge in [-0.2, -0.15) is 0 Å². The molecule has 2 aromatic rings. The van der Waals surface area contributed by atoms with Gasteiger partial charge in [-0.3, -0.25) is 0 Å². The summed E-state index contributed by atoms with van der Waals surface area (Å²) in [6, 6.07) is 8.59. The summed E-state index contributed by atoms with van der Waals surface area (Å²) < 4.78 is 52.6. The van der Waals surface area contributed by atoms with Crippen LogP contribution in [-0.2, 0) is 16.6 Å². The third-order valence-electron chi connectivity index (χ3n) is 2.61. The first kappa shape index (κ1) is 14.9. The average molecular weight is 318 g/mol. The number of hydrogen-bond donors (Lipinski definition) is 1. The van der Waals surface area contributed by atoms with Crippen LogP contribution >= 0.6 is 11.6 Å². The quantitative estimate of drug-likeness (QED) is 0.942. The van der Waals surface area contributed by atoms with Crippen LogP contribution in [0.2, 0.25) is 5.02 Å². The molecule has 0 radical (unpaired) electrons. The smallest absolute Gasteiger partial charge is 0.207 e. The summed E-state index contributed by atoms with van der Waals surface area (Å²) in [5.41, 5.74) is 0.0362. The van der Waals surface area contributed by atoms with Crippen LogP contribution in [0.3, 0.4) is 0 Å². The Kier molecular flexibility index (Phi) is 4.37. The lowest BCUT2D eigenvalue weighted by molar-refractivity contribution is 0.571. The van der Waals surface area contributed by atoms with E-state index in [-0.39, 0.29) is 22.0 Å². The first-order valence-electron chi connectivity index (χ1n) is 5.58. The molecule has 0 saturated heterocycles. The van der Waals surface area contributed by atoms with E-state index in [9.17, 15) is 17.2 Å². The molecular weight excluding hydrogens is 308 g/mol. The average Bonchev–Trinajstić information content (AvgIpc) is 2.38. The van der Waals surface area contributed by atoms with Crippen molar-refractivity contribution in [3.8, 4) is 0 Å². The van der Waals surface area contributed by atoms with Crippen molar-refractivity contribution < 1.29 is 17.2 Å². The Labute approximate surface area is 120 Å². The summed E-state index contributed by atoms with van der Waals surface area (Å²) in [6.45, 7) is -0.315. The van der Waals surface area contributed by atoms with E-state index in [1.807, 2.05) is 0 Å². The number of benzene rings is 2. The maximum atomic E-state index is 13.5. The van der Waals surface area contributed by atoms with Crippen LogP contribution in [0.5, 0.6) is 0 Å². The normalized spacial score (nSPS) is 11.6. The number of nitrogens with one attached hydrogen (secondary N) is 1. The highest BCUT2D eigenvalue weighted by molar-refractivity contribution is 7.89. The molecule has 0 fully saturated rings. The molecule has 2 aromatic carbocycles. The minimum atomic E-state index is -3.93. The Hall–Kier alpha value is -1.50. The van der Waals surface area contributed by atoms with Crippen molar-refractivity contribution in [3.63, 3.8) is 0 Å². The molecule has 20 heavy (non-hydrogen) atoms. The molecule has 0 bridgehead atoms. The highest BCUT2D eigenvalue weighted by atomic mass is 35.5. The van der Waals surface area contributed by atoms with E-state index in [4.69, 9.17) is 11.6 Å². The number of sulfonamides is 1. The SMILES string of the molecule is O=S(=O)(NCc1c(F)cccc1Cl)c1cccc(F)c1. The summed E-state index contributed by atoms with van der Waals surface area (Å²) >= 11 is 5.79. The number of hydrogen-bond acceptors (Lipinski definition) is 2.